The molecular formula is C31H36N6O4. The molecule has 2 aliphatic heterocycles. The molecule has 2 fully saturated rings. The van der Waals surface area contributed by atoms with Crippen molar-refractivity contribution < 1.29 is 14.5 Å². The molecule has 2 amide bonds. The second kappa shape index (κ2) is 13.5. The van der Waals surface area contributed by atoms with Gasteiger partial charge in [-0.05, 0) is 49.1 Å². The fraction of sp³-hybridized carbons (Fsp3) is 0.387. The normalized spacial score (nSPS) is 19.2. The van der Waals surface area contributed by atoms with E-state index in [2.05, 4.69) is 27.3 Å². The minimum Gasteiger partial charge on any atom is -0.340 e. The molecule has 0 bridgehead atoms. The van der Waals surface area contributed by atoms with Crippen LogP contribution in [0.4, 0.5) is 5.69 Å². The van der Waals surface area contributed by atoms with Crippen molar-refractivity contribution in [2.24, 2.45) is 0 Å². The van der Waals surface area contributed by atoms with Gasteiger partial charge in [0.05, 0.1) is 10.5 Å². The van der Waals surface area contributed by atoms with E-state index >= 15 is 0 Å². The largest absolute Gasteiger partial charge is 0.340 e. The van der Waals surface area contributed by atoms with Gasteiger partial charge >= 0.3 is 0 Å². The summed E-state index contributed by atoms with van der Waals surface area (Å²) in [6, 6.07) is 19.7. The van der Waals surface area contributed by atoms with Gasteiger partial charge in [0.15, 0.2) is 0 Å². The molecule has 5 rings (SSSR count). The van der Waals surface area contributed by atoms with Gasteiger partial charge in [-0.2, -0.15) is 0 Å². The fourth-order valence-corrected chi connectivity index (χ4v) is 5.73. The van der Waals surface area contributed by atoms with Crippen LogP contribution in [0.1, 0.15) is 34.3 Å². The van der Waals surface area contributed by atoms with E-state index in [0.29, 0.717) is 38.2 Å². The standard InChI is InChI=1S/C31H36N6O4/c38-30(26-8-4-14-33-21-26)36-23-28(20-29(36)31(39)34-17-5-15-32-16-19-34)35(18-13-24-6-2-1-3-7-24)22-25-9-11-27(12-10-25)37(40)41/h1-4,6-12,14,21,28-29,32H,5,13,15-20,22-23H2. The number of nitro benzene ring substituents is 1. The molecule has 2 aromatic carbocycles. The van der Waals surface area contributed by atoms with Gasteiger partial charge in [-0.1, -0.05) is 42.5 Å². The van der Waals surface area contributed by atoms with Crippen LogP contribution in [0.25, 0.3) is 0 Å². The van der Waals surface area contributed by atoms with E-state index in [9.17, 15) is 19.7 Å². The highest BCUT2D eigenvalue weighted by Crippen LogP contribution is 2.28. The highest BCUT2D eigenvalue weighted by molar-refractivity contribution is 5.97. The lowest BCUT2D eigenvalue weighted by molar-refractivity contribution is -0.384. The minimum atomic E-state index is -0.568. The number of hydrogen-bond donors (Lipinski definition) is 1. The van der Waals surface area contributed by atoms with Crippen molar-refractivity contribution in [1.82, 2.24) is 25.0 Å². The van der Waals surface area contributed by atoms with Crippen molar-refractivity contribution in [3.05, 3.63) is 106 Å². The highest BCUT2D eigenvalue weighted by Gasteiger charge is 2.43. The summed E-state index contributed by atoms with van der Waals surface area (Å²) in [5, 5.41) is 14.5. The number of pyridine rings is 1. The van der Waals surface area contributed by atoms with Crippen molar-refractivity contribution >= 4 is 17.5 Å². The summed E-state index contributed by atoms with van der Waals surface area (Å²) in [6.45, 7) is 4.59. The molecule has 10 heteroatoms. The zero-order chi connectivity index (χ0) is 28.6. The first kappa shape index (κ1) is 28.4. The van der Waals surface area contributed by atoms with Gasteiger partial charge in [0.1, 0.15) is 6.04 Å². The Kier molecular flexibility index (Phi) is 9.33. The second-order valence-electron chi connectivity index (χ2n) is 10.7. The highest BCUT2D eigenvalue weighted by atomic mass is 16.6. The van der Waals surface area contributed by atoms with Crippen molar-refractivity contribution in [1.29, 1.82) is 0 Å². The molecule has 1 N–H and O–H groups in total. The zero-order valence-corrected chi connectivity index (χ0v) is 23.1. The van der Waals surface area contributed by atoms with E-state index in [1.165, 1.54) is 17.7 Å². The van der Waals surface area contributed by atoms with Crippen molar-refractivity contribution in [2.75, 3.05) is 39.3 Å². The lowest BCUT2D eigenvalue weighted by Gasteiger charge is -2.29. The van der Waals surface area contributed by atoms with Gasteiger partial charge in [0.25, 0.3) is 11.6 Å². The Balaban J connectivity index is 1.41. The van der Waals surface area contributed by atoms with Gasteiger partial charge in [-0.25, -0.2) is 0 Å². The van der Waals surface area contributed by atoms with Crippen LogP contribution in [0.15, 0.2) is 79.1 Å². The number of carbonyl (C=O) groups is 2. The lowest BCUT2D eigenvalue weighted by atomic mass is 10.1. The fourth-order valence-electron chi connectivity index (χ4n) is 5.73. The van der Waals surface area contributed by atoms with Crippen LogP contribution in [-0.2, 0) is 17.8 Å². The summed E-state index contributed by atoms with van der Waals surface area (Å²) in [4.78, 5) is 48.5. The van der Waals surface area contributed by atoms with E-state index in [4.69, 9.17) is 0 Å². The number of aromatic nitrogens is 1. The third-order valence-corrected chi connectivity index (χ3v) is 7.96. The minimum absolute atomic E-state index is 0.00761. The quantitative estimate of drug-likeness (QED) is 0.318. The lowest BCUT2D eigenvalue weighted by Crippen LogP contribution is -2.48. The van der Waals surface area contributed by atoms with E-state index in [1.54, 1.807) is 41.6 Å². The summed E-state index contributed by atoms with van der Waals surface area (Å²) >= 11 is 0. The molecule has 214 valence electrons. The summed E-state index contributed by atoms with van der Waals surface area (Å²) < 4.78 is 0. The predicted molar refractivity (Wildman–Crippen MR) is 155 cm³/mol. The Bertz CT molecular complexity index is 1310. The summed E-state index contributed by atoms with van der Waals surface area (Å²) in [5.74, 6) is -0.197. The number of amides is 2. The monoisotopic (exact) mass is 556 g/mol. The van der Waals surface area contributed by atoms with Crippen LogP contribution in [0, 0.1) is 10.1 Å². The third kappa shape index (κ3) is 7.14. The van der Waals surface area contributed by atoms with Crippen LogP contribution < -0.4 is 5.32 Å². The smallest absolute Gasteiger partial charge is 0.269 e. The Morgan fingerprint density at radius 2 is 1.80 bits per heavy atom. The van der Waals surface area contributed by atoms with Gasteiger partial charge in [-0.3, -0.25) is 29.6 Å². The van der Waals surface area contributed by atoms with Crippen LogP contribution >= 0.6 is 0 Å². The molecule has 3 heterocycles. The molecule has 10 nitrogen and oxygen atoms in total. The van der Waals surface area contributed by atoms with Crippen LogP contribution in [0.5, 0.6) is 0 Å². The number of benzene rings is 2. The first-order valence-corrected chi connectivity index (χ1v) is 14.2. The SMILES string of the molecule is O=C(C1CC(N(CCc2ccccc2)Cc2ccc([N+](=O)[O-])cc2)CN1C(=O)c1cccnc1)N1CCCNCC1. The molecule has 0 radical (unpaired) electrons. The van der Waals surface area contributed by atoms with Gasteiger partial charge in [0.2, 0.25) is 5.91 Å². The molecule has 2 unspecified atom stereocenters. The van der Waals surface area contributed by atoms with E-state index in [0.717, 1.165) is 38.0 Å². The van der Waals surface area contributed by atoms with Gasteiger partial charge in [0, 0.05) is 69.8 Å². The molecule has 2 saturated heterocycles. The van der Waals surface area contributed by atoms with E-state index < -0.39 is 11.0 Å². The molecule has 3 aromatic rings. The predicted octanol–water partition coefficient (Wildman–Crippen LogP) is 3.14. The topological polar surface area (TPSA) is 112 Å². The molecule has 2 aliphatic rings. The van der Waals surface area contributed by atoms with Crippen LogP contribution in [-0.4, -0.2) is 87.8 Å². The molecule has 0 spiro atoms. The van der Waals surface area contributed by atoms with Crippen LogP contribution in [0.3, 0.4) is 0 Å². The number of rotatable bonds is 9. The summed E-state index contributed by atoms with van der Waals surface area (Å²) in [7, 11) is 0. The number of non-ortho nitro benzene ring substituents is 1. The van der Waals surface area contributed by atoms with Crippen molar-refractivity contribution in [2.45, 2.75) is 37.9 Å². The molecule has 2 atom stereocenters. The van der Waals surface area contributed by atoms with Crippen molar-refractivity contribution in [3.63, 3.8) is 0 Å². The number of nitro groups is 1. The molecule has 41 heavy (non-hydrogen) atoms. The number of hydrogen-bond acceptors (Lipinski definition) is 7. The van der Waals surface area contributed by atoms with Gasteiger partial charge in [-0.15, -0.1) is 0 Å². The number of carbonyl (C=O) groups excluding carboxylic acids is 2. The first-order chi connectivity index (χ1) is 20.0. The number of likely N-dealkylation sites (tertiary alicyclic amines) is 1. The van der Waals surface area contributed by atoms with Crippen molar-refractivity contribution in [3.8, 4) is 0 Å². The molecule has 0 aliphatic carbocycles. The van der Waals surface area contributed by atoms with Gasteiger partial charge < -0.3 is 15.1 Å². The maximum absolute atomic E-state index is 13.9. The first-order valence-electron chi connectivity index (χ1n) is 14.2. The van der Waals surface area contributed by atoms with E-state index in [-0.39, 0.29) is 23.5 Å². The number of nitrogens with one attached hydrogen (secondary N) is 1. The molecular weight excluding hydrogens is 520 g/mol. The third-order valence-electron chi connectivity index (χ3n) is 7.96. The Labute approximate surface area is 240 Å². The Morgan fingerprint density at radius 1 is 1.00 bits per heavy atom. The average Bonchev–Trinajstić information content (AvgIpc) is 3.27. The average molecular weight is 557 g/mol. The molecule has 1 aromatic heterocycles. The zero-order valence-electron chi connectivity index (χ0n) is 23.1. The Hall–Kier alpha value is -4.15. The summed E-state index contributed by atoms with van der Waals surface area (Å²) in [5.41, 5.74) is 2.67. The maximum Gasteiger partial charge on any atom is 0.269 e. The van der Waals surface area contributed by atoms with E-state index in [1.807, 2.05) is 23.1 Å². The molecule has 0 saturated carbocycles. The summed E-state index contributed by atoms with van der Waals surface area (Å²) in [6.07, 6.45) is 5.39. The van der Waals surface area contributed by atoms with Crippen LogP contribution in [0.2, 0.25) is 0 Å². The maximum atomic E-state index is 13.9. The Morgan fingerprint density at radius 3 is 2.54 bits per heavy atom. The number of nitrogens with zero attached hydrogens (tertiary/aromatic N) is 5. The second-order valence-corrected chi connectivity index (χ2v) is 10.7.